The summed E-state index contributed by atoms with van der Waals surface area (Å²) in [6.45, 7) is 0. The lowest BCUT2D eigenvalue weighted by Crippen LogP contribution is -2.01. The molecule has 11 aromatic rings. The van der Waals surface area contributed by atoms with Crippen LogP contribution in [0.3, 0.4) is 0 Å². The zero-order valence-electron chi connectivity index (χ0n) is 28.5. The summed E-state index contributed by atoms with van der Waals surface area (Å²) in [5.41, 5.74) is 6.53. The fourth-order valence-corrected chi connectivity index (χ4v) is 8.02. The molecule has 0 bridgehead atoms. The molecule has 0 fully saturated rings. The Morgan fingerprint density at radius 2 is 0.925 bits per heavy atom. The van der Waals surface area contributed by atoms with Crippen LogP contribution in [0.5, 0.6) is 0 Å². The first-order valence-electron chi connectivity index (χ1n) is 17.9. The minimum absolute atomic E-state index is 0.595. The molecule has 0 aliphatic heterocycles. The molecule has 0 aliphatic carbocycles. The monoisotopic (exact) mass is 675 g/mol. The summed E-state index contributed by atoms with van der Waals surface area (Å²) in [6, 6.07) is 61.6. The first-order valence-corrected chi connectivity index (χ1v) is 17.9. The lowest BCUT2D eigenvalue weighted by Gasteiger charge is -2.15. The number of nitrogens with zero attached hydrogens (tertiary/aromatic N) is 3. The Morgan fingerprint density at radius 3 is 1.75 bits per heavy atom. The molecule has 0 spiro atoms. The smallest absolute Gasteiger partial charge is 0.165 e. The zero-order chi connectivity index (χ0) is 34.9. The molecule has 2 heterocycles. The normalized spacial score (nSPS) is 11.8. The van der Waals surface area contributed by atoms with Crippen LogP contribution >= 0.6 is 0 Å². The molecule has 11 rings (SSSR count). The second kappa shape index (κ2) is 11.7. The van der Waals surface area contributed by atoms with Gasteiger partial charge >= 0.3 is 0 Å². The summed E-state index contributed by atoms with van der Waals surface area (Å²) < 4.78 is 6.47. The maximum Gasteiger partial charge on any atom is 0.165 e. The molecule has 4 nitrogen and oxygen atoms in total. The standard InChI is InChI=1S/C49H29N3O/c1-2-13-33(14-3-1)47-50-48(34-22-21-32-24-25-38-36-17-7-5-12-31(36)23-26-39(38)42(32)29-34)52-49(51-47)46-40(37-19-10-15-30-11-4-6-16-35(30)37)27-28-44-45(46)41-18-8-9-20-43(41)53-44/h1-29H. The summed E-state index contributed by atoms with van der Waals surface area (Å²) in [6.07, 6.45) is 0. The van der Waals surface area contributed by atoms with Gasteiger partial charge in [0.05, 0.1) is 0 Å². The summed E-state index contributed by atoms with van der Waals surface area (Å²) >= 11 is 0. The van der Waals surface area contributed by atoms with Crippen LogP contribution in [0.4, 0.5) is 0 Å². The molecular formula is C49H29N3O. The number of para-hydroxylation sites is 1. The highest BCUT2D eigenvalue weighted by Gasteiger charge is 2.23. The lowest BCUT2D eigenvalue weighted by atomic mass is 9.91. The van der Waals surface area contributed by atoms with E-state index in [1.807, 2.05) is 30.3 Å². The van der Waals surface area contributed by atoms with E-state index in [9.17, 15) is 0 Å². The molecule has 0 unspecified atom stereocenters. The molecule has 2 aromatic heterocycles. The van der Waals surface area contributed by atoms with Crippen molar-refractivity contribution in [2.45, 2.75) is 0 Å². The number of fused-ring (bicyclic) bond motifs is 9. The van der Waals surface area contributed by atoms with Crippen molar-refractivity contribution in [1.29, 1.82) is 0 Å². The highest BCUT2D eigenvalue weighted by Crippen LogP contribution is 2.44. The van der Waals surface area contributed by atoms with Crippen LogP contribution in [0.25, 0.3) is 110 Å². The van der Waals surface area contributed by atoms with Crippen LogP contribution in [0.1, 0.15) is 0 Å². The van der Waals surface area contributed by atoms with Gasteiger partial charge in [0.15, 0.2) is 17.5 Å². The minimum Gasteiger partial charge on any atom is -0.456 e. The molecule has 246 valence electrons. The van der Waals surface area contributed by atoms with Crippen LogP contribution < -0.4 is 0 Å². The number of aromatic nitrogens is 3. The first kappa shape index (κ1) is 29.5. The van der Waals surface area contributed by atoms with Crippen molar-refractivity contribution in [1.82, 2.24) is 15.0 Å². The van der Waals surface area contributed by atoms with Gasteiger partial charge in [-0.25, -0.2) is 15.0 Å². The van der Waals surface area contributed by atoms with Crippen LogP contribution in [0, 0.1) is 0 Å². The van der Waals surface area contributed by atoms with E-state index in [0.717, 1.165) is 60.5 Å². The zero-order valence-corrected chi connectivity index (χ0v) is 28.5. The van der Waals surface area contributed by atoms with Gasteiger partial charge in [-0.2, -0.15) is 0 Å². The first-order chi connectivity index (χ1) is 26.3. The fraction of sp³-hybridized carbons (Fsp3) is 0. The topological polar surface area (TPSA) is 51.8 Å². The van der Waals surface area contributed by atoms with Gasteiger partial charge in [-0.15, -0.1) is 0 Å². The van der Waals surface area contributed by atoms with E-state index in [1.165, 1.54) is 32.3 Å². The second-order valence-corrected chi connectivity index (χ2v) is 13.5. The Kier molecular flexibility index (Phi) is 6.52. The molecule has 0 aliphatic rings. The Labute approximate surface area is 304 Å². The number of hydrogen-bond acceptors (Lipinski definition) is 4. The van der Waals surface area contributed by atoms with Gasteiger partial charge in [0.2, 0.25) is 0 Å². The predicted octanol–water partition coefficient (Wildman–Crippen LogP) is 13.1. The summed E-state index contributed by atoms with van der Waals surface area (Å²) in [4.78, 5) is 15.8. The van der Waals surface area contributed by atoms with Crippen molar-refractivity contribution < 1.29 is 4.42 Å². The maximum atomic E-state index is 6.47. The number of benzene rings is 9. The van der Waals surface area contributed by atoms with E-state index in [4.69, 9.17) is 19.4 Å². The Morgan fingerprint density at radius 1 is 0.321 bits per heavy atom. The van der Waals surface area contributed by atoms with Crippen molar-refractivity contribution in [3.8, 4) is 45.3 Å². The largest absolute Gasteiger partial charge is 0.456 e. The van der Waals surface area contributed by atoms with Crippen molar-refractivity contribution >= 4 is 65.0 Å². The molecule has 0 saturated heterocycles. The van der Waals surface area contributed by atoms with Gasteiger partial charge in [-0.3, -0.25) is 0 Å². The Balaban J connectivity index is 1.23. The Hall–Kier alpha value is -7.17. The summed E-state index contributed by atoms with van der Waals surface area (Å²) in [5.74, 6) is 1.82. The fourth-order valence-electron chi connectivity index (χ4n) is 8.02. The van der Waals surface area contributed by atoms with E-state index < -0.39 is 0 Å². The van der Waals surface area contributed by atoms with E-state index in [1.54, 1.807) is 0 Å². The molecule has 0 saturated carbocycles. The van der Waals surface area contributed by atoms with E-state index in [-0.39, 0.29) is 0 Å². The SMILES string of the molecule is c1ccc(-c2nc(-c3ccc4ccc5c6ccccc6ccc5c4c3)nc(-c3c(-c4cccc5ccccc45)ccc4oc5ccccc5c34)n2)cc1. The number of rotatable bonds is 4. The predicted molar refractivity (Wildman–Crippen MR) is 219 cm³/mol. The number of hydrogen-bond donors (Lipinski definition) is 0. The van der Waals surface area contributed by atoms with Crippen LogP contribution in [0.15, 0.2) is 180 Å². The van der Waals surface area contributed by atoms with Crippen molar-refractivity contribution in [2.24, 2.45) is 0 Å². The summed E-state index contributed by atoms with van der Waals surface area (Å²) in [5, 5.41) is 11.6. The third kappa shape index (κ3) is 4.73. The van der Waals surface area contributed by atoms with Gasteiger partial charge < -0.3 is 4.42 Å². The third-order valence-electron chi connectivity index (χ3n) is 10.5. The molecule has 0 atom stereocenters. The third-order valence-corrected chi connectivity index (χ3v) is 10.5. The van der Waals surface area contributed by atoms with Gasteiger partial charge in [0.25, 0.3) is 0 Å². The van der Waals surface area contributed by atoms with Crippen molar-refractivity contribution in [3.05, 3.63) is 176 Å². The van der Waals surface area contributed by atoms with Gasteiger partial charge in [-0.1, -0.05) is 152 Å². The molecule has 4 heteroatoms. The average Bonchev–Trinajstić information content (AvgIpc) is 3.61. The highest BCUT2D eigenvalue weighted by atomic mass is 16.3. The molecule has 53 heavy (non-hydrogen) atoms. The quantitative estimate of drug-likeness (QED) is 0.174. The van der Waals surface area contributed by atoms with E-state index in [2.05, 4.69) is 146 Å². The maximum absolute atomic E-state index is 6.47. The van der Waals surface area contributed by atoms with Gasteiger partial charge in [0, 0.05) is 27.5 Å². The summed E-state index contributed by atoms with van der Waals surface area (Å²) in [7, 11) is 0. The molecule has 0 N–H and O–H groups in total. The molecule has 0 amide bonds. The van der Waals surface area contributed by atoms with Crippen LogP contribution in [0.2, 0.25) is 0 Å². The van der Waals surface area contributed by atoms with E-state index in [0.29, 0.717) is 17.5 Å². The van der Waals surface area contributed by atoms with Crippen LogP contribution in [-0.4, -0.2) is 15.0 Å². The van der Waals surface area contributed by atoms with Gasteiger partial charge in [-0.05, 0) is 78.5 Å². The number of furan rings is 1. The Bertz CT molecular complexity index is 3230. The van der Waals surface area contributed by atoms with Crippen LogP contribution in [-0.2, 0) is 0 Å². The average molecular weight is 676 g/mol. The van der Waals surface area contributed by atoms with Crippen molar-refractivity contribution in [3.63, 3.8) is 0 Å². The van der Waals surface area contributed by atoms with Crippen molar-refractivity contribution in [2.75, 3.05) is 0 Å². The molecule has 9 aromatic carbocycles. The minimum atomic E-state index is 0.595. The highest BCUT2D eigenvalue weighted by molar-refractivity contribution is 6.18. The lowest BCUT2D eigenvalue weighted by molar-refractivity contribution is 0.669. The van der Waals surface area contributed by atoms with Gasteiger partial charge in [0.1, 0.15) is 11.2 Å². The second-order valence-electron chi connectivity index (χ2n) is 13.5. The molecule has 0 radical (unpaired) electrons. The molecular weight excluding hydrogens is 647 g/mol. The van der Waals surface area contributed by atoms with E-state index >= 15 is 0 Å².